The first-order valence-electron chi connectivity index (χ1n) is 8.73. The summed E-state index contributed by atoms with van der Waals surface area (Å²) in [5, 5.41) is 0.209. The molecule has 1 aliphatic rings. The number of rotatable bonds is 7. The van der Waals surface area contributed by atoms with Crippen molar-refractivity contribution in [2.75, 3.05) is 44.2 Å². The monoisotopic (exact) mass is 360 g/mol. The minimum Gasteiger partial charge on any atom is -0.376 e. The van der Waals surface area contributed by atoms with Crippen molar-refractivity contribution in [1.29, 1.82) is 0 Å². The minimum atomic E-state index is -0.184. The molecule has 0 unspecified atom stereocenters. The Morgan fingerprint density at radius 3 is 2.32 bits per heavy atom. The fourth-order valence-corrected chi connectivity index (χ4v) is 3.41. The fraction of sp³-hybridized carbons (Fsp3) is 0.400. The Morgan fingerprint density at radius 2 is 1.64 bits per heavy atom. The van der Waals surface area contributed by atoms with Gasteiger partial charge in [-0.2, -0.15) is 12.6 Å². The molecule has 2 aromatic rings. The van der Waals surface area contributed by atoms with Crippen molar-refractivity contribution >= 4 is 18.3 Å². The number of benzene rings is 2. The molecule has 1 saturated heterocycles. The van der Waals surface area contributed by atoms with Crippen molar-refractivity contribution in [3.8, 4) is 0 Å². The van der Waals surface area contributed by atoms with Gasteiger partial charge in [0, 0.05) is 43.7 Å². The molecule has 2 aromatic carbocycles. The standard InChI is InChI=1S/C20H25FN2OS/c21-18-6-8-19(9-7-18)23-12-10-22(11-13-23)14-20(25)16-24-15-17-4-2-1-3-5-17/h1-9,20,25H,10-16H2/t20-/m1/s1. The van der Waals surface area contributed by atoms with Crippen LogP contribution in [0.15, 0.2) is 54.6 Å². The van der Waals surface area contributed by atoms with Gasteiger partial charge >= 0.3 is 0 Å². The topological polar surface area (TPSA) is 15.7 Å². The second-order valence-corrected chi connectivity index (χ2v) is 7.15. The summed E-state index contributed by atoms with van der Waals surface area (Å²) in [5.41, 5.74) is 2.28. The molecule has 0 saturated carbocycles. The van der Waals surface area contributed by atoms with Crippen LogP contribution < -0.4 is 4.90 Å². The van der Waals surface area contributed by atoms with Crippen molar-refractivity contribution in [2.24, 2.45) is 0 Å². The van der Waals surface area contributed by atoms with E-state index in [4.69, 9.17) is 4.74 Å². The Balaban J connectivity index is 1.36. The summed E-state index contributed by atoms with van der Waals surface area (Å²) in [6.07, 6.45) is 0. The average molecular weight is 360 g/mol. The second kappa shape index (κ2) is 9.22. The van der Waals surface area contributed by atoms with Gasteiger partial charge in [0.05, 0.1) is 13.2 Å². The van der Waals surface area contributed by atoms with E-state index in [1.165, 1.54) is 17.7 Å². The summed E-state index contributed by atoms with van der Waals surface area (Å²) in [6.45, 7) is 6.11. The number of nitrogens with zero attached hydrogens (tertiary/aromatic N) is 2. The number of hydrogen-bond donors (Lipinski definition) is 1. The van der Waals surface area contributed by atoms with Gasteiger partial charge in [0.2, 0.25) is 0 Å². The summed E-state index contributed by atoms with van der Waals surface area (Å²) in [6, 6.07) is 17.0. The second-order valence-electron chi connectivity index (χ2n) is 6.42. The number of anilines is 1. The van der Waals surface area contributed by atoms with Gasteiger partial charge < -0.3 is 9.64 Å². The first-order chi connectivity index (χ1) is 12.2. The summed E-state index contributed by atoms with van der Waals surface area (Å²) in [4.78, 5) is 4.72. The third-order valence-corrected chi connectivity index (χ3v) is 4.77. The fourth-order valence-electron chi connectivity index (χ4n) is 3.08. The molecule has 0 bridgehead atoms. The predicted octanol–water partition coefficient (Wildman–Crippen LogP) is 3.46. The molecule has 1 heterocycles. The van der Waals surface area contributed by atoms with E-state index < -0.39 is 0 Å². The number of halogens is 1. The average Bonchev–Trinajstić information content (AvgIpc) is 2.64. The molecule has 25 heavy (non-hydrogen) atoms. The molecule has 0 aliphatic carbocycles. The van der Waals surface area contributed by atoms with E-state index in [9.17, 15) is 4.39 Å². The van der Waals surface area contributed by atoms with Crippen LogP contribution in [0.3, 0.4) is 0 Å². The van der Waals surface area contributed by atoms with Crippen molar-refractivity contribution in [3.05, 3.63) is 66.0 Å². The molecule has 0 amide bonds. The maximum atomic E-state index is 13.0. The van der Waals surface area contributed by atoms with Crippen molar-refractivity contribution < 1.29 is 9.13 Å². The normalized spacial score (nSPS) is 16.8. The first-order valence-corrected chi connectivity index (χ1v) is 9.25. The largest absolute Gasteiger partial charge is 0.376 e. The molecular weight excluding hydrogens is 335 g/mol. The lowest BCUT2D eigenvalue weighted by atomic mass is 10.2. The van der Waals surface area contributed by atoms with Gasteiger partial charge in [0.25, 0.3) is 0 Å². The summed E-state index contributed by atoms with van der Waals surface area (Å²) in [7, 11) is 0. The molecule has 0 N–H and O–H groups in total. The lowest BCUT2D eigenvalue weighted by Crippen LogP contribution is -2.48. The van der Waals surface area contributed by atoms with Crippen LogP contribution in [-0.2, 0) is 11.3 Å². The number of piperazine rings is 1. The highest BCUT2D eigenvalue weighted by atomic mass is 32.1. The lowest BCUT2D eigenvalue weighted by molar-refractivity contribution is 0.112. The highest BCUT2D eigenvalue weighted by molar-refractivity contribution is 7.81. The number of ether oxygens (including phenoxy) is 1. The number of hydrogen-bond acceptors (Lipinski definition) is 4. The Hall–Kier alpha value is -1.56. The summed E-state index contributed by atoms with van der Waals surface area (Å²) < 4.78 is 18.8. The van der Waals surface area contributed by atoms with E-state index in [1.807, 2.05) is 30.3 Å². The molecule has 3 rings (SSSR count). The van der Waals surface area contributed by atoms with Gasteiger partial charge in [-0.05, 0) is 29.8 Å². The molecule has 0 radical (unpaired) electrons. The zero-order chi connectivity index (χ0) is 17.5. The third kappa shape index (κ3) is 5.73. The van der Waals surface area contributed by atoms with Gasteiger partial charge in [0.1, 0.15) is 5.82 Å². The molecule has 5 heteroatoms. The molecule has 1 atom stereocenters. The quantitative estimate of drug-likeness (QED) is 0.762. The van der Waals surface area contributed by atoms with Crippen molar-refractivity contribution in [2.45, 2.75) is 11.9 Å². The van der Waals surface area contributed by atoms with Gasteiger partial charge in [-0.3, -0.25) is 4.90 Å². The number of thiol groups is 1. The lowest BCUT2D eigenvalue weighted by Gasteiger charge is -2.37. The van der Waals surface area contributed by atoms with E-state index in [-0.39, 0.29) is 11.1 Å². The van der Waals surface area contributed by atoms with Crippen molar-refractivity contribution in [1.82, 2.24) is 4.90 Å². The zero-order valence-corrected chi connectivity index (χ0v) is 15.2. The summed E-state index contributed by atoms with van der Waals surface area (Å²) in [5.74, 6) is -0.184. The zero-order valence-electron chi connectivity index (χ0n) is 14.4. The Morgan fingerprint density at radius 1 is 0.960 bits per heavy atom. The molecule has 134 valence electrons. The van der Waals surface area contributed by atoms with Gasteiger partial charge in [-0.1, -0.05) is 30.3 Å². The SMILES string of the molecule is Fc1ccc(N2CCN(C[C@@H](S)COCc3ccccc3)CC2)cc1. The Labute approximate surface area is 154 Å². The van der Waals surface area contributed by atoms with E-state index in [1.54, 1.807) is 0 Å². The van der Waals surface area contributed by atoms with Crippen LogP contribution in [0.1, 0.15) is 5.56 Å². The maximum Gasteiger partial charge on any atom is 0.123 e. The maximum absolute atomic E-state index is 13.0. The van der Waals surface area contributed by atoms with E-state index in [0.717, 1.165) is 38.4 Å². The highest BCUT2D eigenvalue weighted by Gasteiger charge is 2.19. The smallest absolute Gasteiger partial charge is 0.123 e. The van der Waals surface area contributed by atoms with Crippen LogP contribution in [0.25, 0.3) is 0 Å². The predicted molar refractivity (Wildman–Crippen MR) is 104 cm³/mol. The first kappa shape index (κ1) is 18.2. The molecule has 0 spiro atoms. The van der Waals surface area contributed by atoms with Crippen molar-refractivity contribution in [3.63, 3.8) is 0 Å². The van der Waals surface area contributed by atoms with Gasteiger partial charge in [-0.15, -0.1) is 0 Å². The van der Waals surface area contributed by atoms with Crippen LogP contribution >= 0.6 is 12.6 Å². The van der Waals surface area contributed by atoms with Crippen LogP contribution in [-0.4, -0.2) is 49.5 Å². The van der Waals surface area contributed by atoms with E-state index >= 15 is 0 Å². The Kier molecular flexibility index (Phi) is 6.73. The molecule has 1 aliphatic heterocycles. The summed E-state index contributed by atoms with van der Waals surface area (Å²) >= 11 is 4.67. The van der Waals surface area contributed by atoms with E-state index in [0.29, 0.717) is 13.2 Å². The van der Waals surface area contributed by atoms with Crippen LogP contribution in [0, 0.1) is 5.82 Å². The van der Waals surface area contributed by atoms with Gasteiger partial charge in [0.15, 0.2) is 0 Å². The third-order valence-electron chi connectivity index (χ3n) is 4.45. The van der Waals surface area contributed by atoms with E-state index in [2.05, 4.69) is 34.6 Å². The van der Waals surface area contributed by atoms with Crippen LogP contribution in [0.2, 0.25) is 0 Å². The van der Waals surface area contributed by atoms with Crippen LogP contribution in [0.5, 0.6) is 0 Å². The van der Waals surface area contributed by atoms with Crippen LogP contribution in [0.4, 0.5) is 10.1 Å². The molecule has 0 aromatic heterocycles. The molecular formula is C20H25FN2OS. The molecule has 3 nitrogen and oxygen atoms in total. The Bertz CT molecular complexity index is 630. The molecule has 1 fully saturated rings. The minimum absolute atomic E-state index is 0.184. The highest BCUT2D eigenvalue weighted by Crippen LogP contribution is 2.17. The van der Waals surface area contributed by atoms with Gasteiger partial charge in [-0.25, -0.2) is 4.39 Å².